The molecule has 0 fully saturated rings. The molecule has 2 aromatic carbocycles. The van der Waals surface area contributed by atoms with Crippen LogP contribution >= 0.6 is 11.3 Å². The molecule has 0 N–H and O–H groups in total. The summed E-state index contributed by atoms with van der Waals surface area (Å²) in [4.78, 5) is 20.6. The Hall–Kier alpha value is -3.08. The number of rotatable bonds is 9. The Kier molecular flexibility index (Phi) is 8.06. The number of anilines is 1. The smallest absolute Gasteiger partial charge is 0.260 e. The zero-order valence-electron chi connectivity index (χ0n) is 23.0. The first-order chi connectivity index (χ1) is 17.9. The summed E-state index contributed by atoms with van der Waals surface area (Å²) in [5.41, 5.74) is 4.38. The van der Waals surface area contributed by atoms with Gasteiger partial charge in [0.25, 0.3) is 5.91 Å². The molecule has 0 spiro atoms. The Morgan fingerprint density at radius 2 is 1.74 bits per heavy atom. The minimum Gasteiger partial charge on any atom is -0.282 e. The fraction of sp³-hybridized carbons (Fsp3) is 0.393. The van der Waals surface area contributed by atoms with Gasteiger partial charge in [0.05, 0.1) is 27.4 Å². The van der Waals surface area contributed by atoms with Gasteiger partial charge in [-0.15, -0.1) is 0 Å². The Balaban J connectivity index is 1.71. The van der Waals surface area contributed by atoms with Gasteiger partial charge in [-0.2, -0.15) is 9.40 Å². The zero-order valence-corrected chi connectivity index (χ0v) is 24.6. The van der Waals surface area contributed by atoms with Crippen molar-refractivity contribution < 1.29 is 13.2 Å². The van der Waals surface area contributed by atoms with Crippen LogP contribution in [0.5, 0.6) is 0 Å². The molecule has 0 aliphatic carbocycles. The predicted octanol–water partition coefficient (Wildman–Crippen LogP) is 5.61. The summed E-state index contributed by atoms with van der Waals surface area (Å²) in [5.74, 6) is 0.0591. The highest BCUT2D eigenvalue weighted by atomic mass is 32.2. The molecular weight excluding hydrogens is 518 g/mol. The maximum atomic E-state index is 13.9. The van der Waals surface area contributed by atoms with E-state index in [2.05, 4.69) is 25.0 Å². The molecule has 202 valence electrons. The van der Waals surface area contributed by atoms with Crippen molar-refractivity contribution in [3.05, 3.63) is 71.0 Å². The number of aromatic nitrogens is 3. The predicted molar refractivity (Wildman–Crippen MR) is 154 cm³/mol. The Labute approximate surface area is 229 Å². The van der Waals surface area contributed by atoms with Crippen LogP contribution < -0.4 is 4.90 Å². The van der Waals surface area contributed by atoms with E-state index in [-0.39, 0.29) is 16.8 Å². The second kappa shape index (κ2) is 11.0. The molecule has 0 atom stereocenters. The van der Waals surface area contributed by atoms with Gasteiger partial charge < -0.3 is 0 Å². The number of para-hydroxylation sites is 1. The van der Waals surface area contributed by atoms with Gasteiger partial charge >= 0.3 is 0 Å². The first-order valence-electron chi connectivity index (χ1n) is 12.7. The molecular formula is C28H35N5O3S2. The first kappa shape index (κ1) is 27.9. The first-order valence-corrected chi connectivity index (χ1v) is 15.0. The van der Waals surface area contributed by atoms with Gasteiger partial charge in [0.15, 0.2) is 5.13 Å². The van der Waals surface area contributed by atoms with E-state index in [0.29, 0.717) is 29.7 Å². The second-order valence-electron chi connectivity index (χ2n) is 10.1. The van der Waals surface area contributed by atoms with Crippen LogP contribution in [-0.2, 0) is 16.6 Å². The van der Waals surface area contributed by atoms with E-state index in [1.165, 1.54) is 27.8 Å². The van der Waals surface area contributed by atoms with E-state index in [1.54, 1.807) is 24.1 Å². The van der Waals surface area contributed by atoms with Crippen LogP contribution in [0.25, 0.3) is 10.2 Å². The SMILES string of the molecule is Cc1cc(C)n(CCN(C(=O)c2ccc(S(=O)(=O)N(C)C(C)C)cc2)c2nc3c(C(C)C)cccc3s2)n1. The number of carbonyl (C=O) groups is 1. The summed E-state index contributed by atoms with van der Waals surface area (Å²) in [6.45, 7) is 12.7. The number of hydrogen-bond donors (Lipinski definition) is 0. The molecule has 0 aliphatic heterocycles. The molecule has 2 heterocycles. The Bertz CT molecular complexity index is 1550. The van der Waals surface area contributed by atoms with E-state index in [9.17, 15) is 13.2 Å². The molecule has 0 bridgehead atoms. The maximum Gasteiger partial charge on any atom is 0.260 e. The van der Waals surface area contributed by atoms with Gasteiger partial charge in [-0.05, 0) is 75.6 Å². The van der Waals surface area contributed by atoms with Crippen LogP contribution in [0.1, 0.15) is 60.9 Å². The zero-order chi connectivity index (χ0) is 27.8. The number of nitrogens with zero attached hydrogens (tertiary/aromatic N) is 5. The third kappa shape index (κ3) is 5.52. The van der Waals surface area contributed by atoms with Crippen LogP contribution in [0, 0.1) is 13.8 Å². The number of thiazole rings is 1. The van der Waals surface area contributed by atoms with E-state index >= 15 is 0 Å². The van der Waals surface area contributed by atoms with Crippen LogP contribution in [0.3, 0.4) is 0 Å². The van der Waals surface area contributed by atoms with Crippen LogP contribution in [-0.4, -0.2) is 53.0 Å². The number of fused-ring (bicyclic) bond motifs is 1. The number of sulfonamides is 1. The number of aryl methyl sites for hydroxylation is 2. The monoisotopic (exact) mass is 553 g/mol. The quantitative estimate of drug-likeness (QED) is 0.269. The van der Waals surface area contributed by atoms with Crippen molar-refractivity contribution in [2.24, 2.45) is 0 Å². The summed E-state index contributed by atoms with van der Waals surface area (Å²) < 4.78 is 30.0. The molecule has 0 unspecified atom stereocenters. The lowest BCUT2D eigenvalue weighted by Gasteiger charge is -2.22. The number of benzene rings is 2. The number of carbonyl (C=O) groups excluding carboxylic acids is 1. The van der Waals surface area contributed by atoms with Crippen molar-refractivity contribution in [1.29, 1.82) is 0 Å². The van der Waals surface area contributed by atoms with Crippen molar-refractivity contribution in [3.63, 3.8) is 0 Å². The minimum absolute atomic E-state index is 0.154. The fourth-order valence-corrected chi connectivity index (χ4v) is 6.68. The number of hydrogen-bond acceptors (Lipinski definition) is 6. The third-order valence-corrected chi connectivity index (χ3v) is 9.77. The molecule has 4 rings (SSSR count). The van der Waals surface area contributed by atoms with Crippen molar-refractivity contribution >= 4 is 42.6 Å². The van der Waals surface area contributed by atoms with Crippen molar-refractivity contribution in [3.8, 4) is 0 Å². The molecule has 10 heteroatoms. The van der Waals surface area contributed by atoms with E-state index in [4.69, 9.17) is 4.98 Å². The number of amides is 1. The summed E-state index contributed by atoms with van der Waals surface area (Å²) in [7, 11) is -2.09. The summed E-state index contributed by atoms with van der Waals surface area (Å²) in [5, 5.41) is 5.15. The average Bonchev–Trinajstić information content (AvgIpc) is 3.45. The van der Waals surface area contributed by atoms with Gasteiger partial charge in [0.2, 0.25) is 10.0 Å². The summed E-state index contributed by atoms with van der Waals surface area (Å²) in [6.07, 6.45) is 0. The Morgan fingerprint density at radius 1 is 1.05 bits per heavy atom. The lowest BCUT2D eigenvalue weighted by atomic mass is 10.0. The fourth-order valence-electron chi connectivity index (χ4n) is 4.29. The van der Waals surface area contributed by atoms with E-state index in [0.717, 1.165) is 27.2 Å². The van der Waals surface area contributed by atoms with Gasteiger partial charge in [-0.3, -0.25) is 14.4 Å². The van der Waals surface area contributed by atoms with Gasteiger partial charge in [-0.25, -0.2) is 13.4 Å². The molecule has 1 amide bonds. The molecule has 0 aliphatic rings. The summed E-state index contributed by atoms with van der Waals surface area (Å²) in [6, 6.07) is 14.1. The third-order valence-electron chi connectivity index (χ3n) is 6.68. The standard InChI is InChI=1S/C28H35N5O3S2/c1-18(2)24-9-8-10-25-26(24)29-28(37-25)32(15-16-33-21(6)17-20(5)30-33)27(34)22-11-13-23(14-12-22)38(35,36)31(7)19(3)4/h8-14,17-19H,15-16H2,1-7H3. The Morgan fingerprint density at radius 3 is 2.32 bits per heavy atom. The maximum absolute atomic E-state index is 13.9. The molecule has 8 nitrogen and oxygen atoms in total. The van der Waals surface area contributed by atoms with Crippen LogP contribution in [0.15, 0.2) is 53.4 Å². The highest BCUT2D eigenvalue weighted by molar-refractivity contribution is 7.89. The van der Waals surface area contributed by atoms with Gasteiger partial charge in [0, 0.05) is 30.9 Å². The van der Waals surface area contributed by atoms with Crippen LogP contribution in [0.2, 0.25) is 0 Å². The molecule has 0 saturated heterocycles. The normalized spacial score (nSPS) is 12.3. The van der Waals surface area contributed by atoms with Gasteiger partial charge in [0.1, 0.15) is 0 Å². The van der Waals surface area contributed by atoms with Gasteiger partial charge in [-0.1, -0.05) is 37.3 Å². The van der Waals surface area contributed by atoms with Crippen molar-refractivity contribution in [1.82, 2.24) is 19.1 Å². The summed E-state index contributed by atoms with van der Waals surface area (Å²) >= 11 is 1.48. The average molecular weight is 554 g/mol. The molecule has 0 radical (unpaired) electrons. The van der Waals surface area contributed by atoms with E-state index < -0.39 is 10.0 Å². The lowest BCUT2D eigenvalue weighted by Crippen LogP contribution is -2.34. The lowest BCUT2D eigenvalue weighted by molar-refractivity contribution is 0.0985. The van der Waals surface area contributed by atoms with Crippen molar-refractivity contribution in [2.45, 2.75) is 64.9 Å². The molecule has 2 aromatic heterocycles. The molecule has 4 aromatic rings. The largest absolute Gasteiger partial charge is 0.282 e. The van der Waals surface area contributed by atoms with E-state index in [1.807, 2.05) is 50.6 Å². The molecule has 0 saturated carbocycles. The highest BCUT2D eigenvalue weighted by Gasteiger charge is 2.26. The highest BCUT2D eigenvalue weighted by Crippen LogP contribution is 2.34. The minimum atomic E-state index is -3.65. The topological polar surface area (TPSA) is 88.4 Å². The van der Waals surface area contributed by atoms with Crippen LogP contribution in [0.4, 0.5) is 5.13 Å². The molecule has 38 heavy (non-hydrogen) atoms. The second-order valence-corrected chi connectivity index (χ2v) is 13.1. The van der Waals surface area contributed by atoms with Crippen molar-refractivity contribution in [2.75, 3.05) is 18.5 Å².